The van der Waals surface area contributed by atoms with Gasteiger partial charge in [0.05, 0.1) is 26.9 Å². The van der Waals surface area contributed by atoms with E-state index in [2.05, 4.69) is 10.3 Å². The fourth-order valence-electron chi connectivity index (χ4n) is 3.83. The molecule has 4 rings (SSSR count). The third kappa shape index (κ3) is 3.20. The minimum absolute atomic E-state index is 0.100. The van der Waals surface area contributed by atoms with Crippen LogP contribution < -0.4 is 25.1 Å². The molecule has 0 saturated carbocycles. The van der Waals surface area contributed by atoms with Crippen LogP contribution in [0.4, 0.5) is 0 Å². The zero-order chi connectivity index (χ0) is 19.7. The number of aromatic nitrogens is 1. The summed E-state index contributed by atoms with van der Waals surface area (Å²) in [5.41, 5.74) is 3.56. The second-order valence-electron chi connectivity index (χ2n) is 6.78. The van der Waals surface area contributed by atoms with E-state index in [-0.39, 0.29) is 11.6 Å². The van der Waals surface area contributed by atoms with Crippen molar-refractivity contribution in [3.05, 3.63) is 63.4 Å². The van der Waals surface area contributed by atoms with Gasteiger partial charge in [-0.1, -0.05) is 0 Å². The smallest absolute Gasteiger partial charge is 0.253 e. The first-order valence-corrected chi connectivity index (χ1v) is 9.42. The van der Waals surface area contributed by atoms with Gasteiger partial charge in [0.2, 0.25) is 0 Å². The highest BCUT2D eigenvalue weighted by molar-refractivity contribution is 5.80. The van der Waals surface area contributed by atoms with E-state index in [1.807, 2.05) is 43.3 Å². The highest BCUT2D eigenvalue weighted by Crippen LogP contribution is 2.37. The van der Waals surface area contributed by atoms with E-state index in [9.17, 15) is 4.79 Å². The molecule has 0 saturated heterocycles. The van der Waals surface area contributed by atoms with Crippen molar-refractivity contribution in [2.75, 3.05) is 27.4 Å². The lowest BCUT2D eigenvalue weighted by atomic mass is 9.89. The quantitative estimate of drug-likeness (QED) is 0.711. The van der Waals surface area contributed by atoms with Crippen molar-refractivity contribution in [1.29, 1.82) is 0 Å². The number of benzene rings is 2. The Hall–Kier alpha value is -2.99. The molecule has 6 heteroatoms. The van der Waals surface area contributed by atoms with Crippen LogP contribution in [0.2, 0.25) is 0 Å². The summed E-state index contributed by atoms with van der Waals surface area (Å²) in [4.78, 5) is 15.8. The third-order valence-electron chi connectivity index (χ3n) is 5.17. The number of pyridine rings is 1. The first-order chi connectivity index (χ1) is 13.6. The largest absolute Gasteiger partial charge is 0.494 e. The van der Waals surface area contributed by atoms with Crippen LogP contribution in [0.1, 0.15) is 29.7 Å². The van der Waals surface area contributed by atoms with Crippen molar-refractivity contribution in [1.82, 2.24) is 10.3 Å². The zero-order valence-corrected chi connectivity index (χ0v) is 16.3. The van der Waals surface area contributed by atoms with Crippen LogP contribution in [0, 0.1) is 0 Å². The molecule has 0 bridgehead atoms. The standard InChI is InChI=1S/C22H24N2O4/c1-4-28-15-5-6-18-14(9-15)10-17(22(25)24-18)21-16-12-20(27-3)19(26-2)11-13(16)7-8-23-21/h5-6,9-12,21,23H,4,7-8H2,1-3H3,(H,24,25). The average Bonchev–Trinajstić information content (AvgIpc) is 2.72. The molecule has 1 aliphatic heterocycles. The predicted molar refractivity (Wildman–Crippen MR) is 109 cm³/mol. The molecule has 6 nitrogen and oxygen atoms in total. The average molecular weight is 380 g/mol. The van der Waals surface area contributed by atoms with Crippen molar-refractivity contribution >= 4 is 10.9 Å². The monoisotopic (exact) mass is 380 g/mol. The Balaban J connectivity index is 1.84. The first kappa shape index (κ1) is 18.4. The number of methoxy groups -OCH3 is 2. The summed E-state index contributed by atoms with van der Waals surface area (Å²) in [5.74, 6) is 2.15. The van der Waals surface area contributed by atoms with E-state index in [0.717, 1.165) is 40.7 Å². The van der Waals surface area contributed by atoms with Gasteiger partial charge in [0.15, 0.2) is 11.5 Å². The predicted octanol–water partition coefficient (Wildman–Crippen LogP) is 3.18. The van der Waals surface area contributed by atoms with Crippen molar-refractivity contribution in [3.8, 4) is 17.2 Å². The number of hydrogen-bond acceptors (Lipinski definition) is 5. The minimum Gasteiger partial charge on any atom is -0.494 e. The minimum atomic E-state index is -0.215. The Morgan fingerprint density at radius 1 is 1.04 bits per heavy atom. The molecule has 1 atom stereocenters. The molecule has 3 aromatic rings. The summed E-state index contributed by atoms with van der Waals surface area (Å²) < 4.78 is 16.5. The lowest BCUT2D eigenvalue weighted by molar-refractivity contribution is 0.340. The number of aromatic amines is 1. The Bertz CT molecular complexity index is 1070. The van der Waals surface area contributed by atoms with Crippen molar-refractivity contribution in [3.63, 3.8) is 0 Å². The Morgan fingerprint density at radius 2 is 1.82 bits per heavy atom. The second kappa shape index (κ2) is 7.56. The zero-order valence-electron chi connectivity index (χ0n) is 16.3. The molecule has 0 amide bonds. The maximum absolute atomic E-state index is 12.8. The van der Waals surface area contributed by atoms with Crippen LogP contribution in [-0.4, -0.2) is 32.4 Å². The van der Waals surface area contributed by atoms with E-state index in [1.54, 1.807) is 14.2 Å². The van der Waals surface area contributed by atoms with Gasteiger partial charge < -0.3 is 24.5 Å². The van der Waals surface area contributed by atoms with Crippen LogP contribution in [0.15, 0.2) is 41.2 Å². The van der Waals surface area contributed by atoms with Gasteiger partial charge in [-0.3, -0.25) is 4.79 Å². The Morgan fingerprint density at radius 3 is 2.57 bits per heavy atom. The lowest BCUT2D eigenvalue weighted by Gasteiger charge is -2.28. The normalized spacial score (nSPS) is 15.9. The molecular weight excluding hydrogens is 356 g/mol. The van der Waals surface area contributed by atoms with Crippen LogP contribution in [0.3, 0.4) is 0 Å². The van der Waals surface area contributed by atoms with Crippen molar-refractivity contribution in [2.24, 2.45) is 0 Å². The lowest BCUT2D eigenvalue weighted by Crippen LogP contribution is -2.34. The van der Waals surface area contributed by atoms with E-state index in [4.69, 9.17) is 14.2 Å². The van der Waals surface area contributed by atoms with E-state index in [1.165, 1.54) is 0 Å². The van der Waals surface area contributed by atoms with Crippen LogP contribution in [0.5, 0.6) is 17.2 Å². The summed E-state index contributed by atoms with van der Waals surface area (Å²) in [6, 6.07) is 11.4. The summed E-state index contributed by atoms with van der Waals surface area (Å²) >= 11 is 0. The molecule has 28 heavy (non-hydrogen) atoms. The van der Waals surface area contributed by atoms with Gasteiger partial charge in [-0.2, -0.15) is 0 Å². The van der Waals surface area contributed by atoms with Gasteiger partial charge in [-0.15, -0.1) is 0 Å². The molecule has 0 spiro atoms. The molecule has 2 N–H and O–H groups in total. The summed E-state index contributed by atoms with van der Waals surface area (Å²) in [7, 11) is 3.25. The molecule has 2 heterocycles. The number of H-pyrrole nitrogens is 1. The van der Waals surface area contributed by atoms with Crippen molar-refractivity contribution < 1.29 is 14.2 Å². The fraction of sp³-hybridized carbons (Fsp3) is 0.318. The topological polar surface area (TPSA) is 72.6 Å². The van der Waals surface area contributed by atoms with Gasteiger partial charge >= 0.3 is 0 Å². The van der Waals surface area contributed by atoms with Crippen LogP contribution in [-0.2, 0) is 6.42 Å². The number of nitrogens with one attached hydrogen (secondary N) is 2. The van der Waals surface area contributed by atoms with E-state index < -0.39 is 0 Å². The SMILES string of the molecule is CCOc1ccc2[nH]c(=O)c(C3NCCc4cc(OC)c(OC)cc43)cc2c1. The molecular formula is C22H24N2O4. The van der Waals surface area contributed by atoms with Gasteiger partial charge in [0, 0.05) is 23.0 Å². The van der Waals surface area contributed by atoms with E-state index >= 15 is 0 Å². The highest BCUT2D eigenvalue weighted by Gasteiger charge is 2.26. The molecule has 0 radical (unpaired) electrons. The van der Waals surface area contributed by atoms with Gasteiger partial charge in [-0.05, 0) is 60.9 Å². The fourth-order valence-corrected chi connectivity index (χ4v) is 3.83. The van der Waals surface area contributed by atoms with Crippen LogP contribution >= 0.6 is 0 Å². The first-order valence-electron chi connectivity index (χ1n) is 9.42. The number of fused-ring (bicyclic) bond motifs is 2. The Kier molecular flexibility index (Phi) is 4.96. The molecule has 146 valence electrons. The maximum Gasteiger partial charge on any atom is 0.253 e. The van der Waals surface area contributed by atoms with Crippen LogP contribution in [0.25, 0.3) is 10.9 Å². The number of hydrogen-bond donors (Lipinski definition) is 2. The second-order valence-corrected chi connectivity index (χ2v) is 6.78. The van der Waals surface area contributed by atoms with Crippen molar-refractivity contribution in [2.45, 2.75) is 19.4 Å². The molecule has 1 aromatic heterocycles. The highest BCUT2D eigenvalue weighted by atomic mass is 16.5. The molecule has 2 aromatic carbocycles. The number of rotatable bonds is 5. The summed E-state index contributed by atoms with van der Waals surface area (Å²) in [6.07, 6.45) is 0.867. The number of ether oxygens (including phenoxy) is 3. The van der Waals surface area contributed by atoms with Gasteiger partial charge in [-0.25, -0.2) is 0 Å². The Labute approximate surface area is 163 Å². The molecule has 0 fully saturated rings. The molecule has 0 aliphatic carbocycles. The third-order valence-corrected chi connectivity index (χ3v) is 5.17. The van der Waals surface area contributed by atoms with Gasteiger partial charge in [0.25, 0.3) is 5.56 Å². The van der Waals surface area contributed by atoms with Gasteiger partial charge in [0.1, 0.15) is 5.75 Å². The summed E-state index contributed by atoms with van der Waals surface area (Å²) in [6.45, 7) is 3.33. The molecule has 1 aliphatic rings. The van der Waals surface area contributed by atoms with E-state index in [0.29, 0.717) is 23.7 Å². The summed E-state index contributed by atoms with van der Waals surface area (Å²) in [5, 5.41) is 4.42. The maximum atomic E-state index is 12.8. The molecule has 1 unspecified atom stereocenters.